The summed E-state index contributed by atoms with van der Waals surface area (Å²) in [6.45, 7) is 0. The molecular weight excluding hydrogens is 351 g/mol. The van der Waals surface area contributed by atoms with E-state index in [2.05, 4.69) is 10.3 Å². The molecule has 0 radical (unpaired) electrons. The second-order valence-electron chi connectivity index (χ2n) is 4.20. The molecule has 3 aromatic rings. The van der Waals surface area contributed by atoms with Crippen molar-refractivity contribution in [2.75, 3.05) is 5.32 Å². The number of carbonyl (C=O) groups excluding carboxylic acids is 1. The van der Waals surface area contributed by atoms with Crippen LogP contribution in [-0.4, -0.2) is 10.9 Å². The molecule has 0 aliphatic carbocycles. The maximum absolute atomic E-state index is 12.3. The van der Waals surface area contributed by atoms with E-state index < -0.39 is 0 Å². The third-order valence-electron chi connectivity index (χ3n) is 2.86. The fourth-order valence-corrected chi connectivity index (χ4v) is 3.30. The molecule has 3 rings (SSSR count). The van der Waals surface area contributed by atoms with Crippen molar-refractivity contribution in [1.82, 2.24) is 4.98 Å². The van der Waals surface area contributed by atoms with Crippen LogP contribution in [0.25, 0.3) is 10.2 Å². The second kappa shape index (κ2) is 5.81. The van der Waals surface area contributed by atoms with Crippen LogP contribution >= 0.6 is 46.1 Å². The van der Waals surface area contributed by atoms with Crippen molar-refractivity contribution in [3.63, 3.8) is 0 Å². The first kappa shape index (κ1) is 14.6. The molecule has 7 heteroatoms. The lowest BCUT2D eigenvalue weighted by molar-refractivity contribution is 0.102. The van der Waals surface area contributed by atoms with Crippen LogP contribution in [0.15, 0.2) is 35.8 Å². The lowest BCUT2D eigenvalue weighted by Crippen LogP contribution is -2.12. The Balaban J connectivity index is 1.99. The maximum atomic E-state index is 12.3. The van der Waals surface area contributed by atoms with Crippen LogP contribution in [0, 0.1) is 0 Å². The number of benzene rings is 2. The van der Waals surface area contributed by atoms with Crippen LogP contribution in [0.3, 0.4) is 0 Å². The fraction of sp³-hybridized carbons (Fsp3) is 0. The highest BCUT2D eigenvalue weighted by Gasteiger charge is 2.14. The Morgan fingerprint density at radius 3 is 2.67 bits per heavy atom. The highest BCUT2D eigenvalue weighted by atomic mass is 35.5. The van der Waals surface area contributed by atoms with Crippen molar-refractivity contribution in [3.8, 4) is 0 Å². The highest BCUT2D eigenvalue weighted by molar-refractivity contribution is 7.17. The van der Waals surface area contributed by atoms with Gasteiger partial charge in [0, 0.05) is 5.02 Å². The summed E-state index contributed by atoms with van der Waals surface area (Å²) >= 11 is 19.4. The number of nitrogens with zero attached hydrogens (tertiary/aromatic N) is 1. The predicted molar refractivity (Wildman–Crippen MR) is 89.0 cm³/mol. The molecule has 1 N–H and O–H groups in total. The van der Waals surface area contributed by atoms with E-state index in [1.54, 1.807) is 29.8 Å². The Bertz CT molecular complexity index is 847. The molecule has 0 aliphatic heterocycles. The average Bonchev–Trinajstić information content (AvgIpc) is 2.95. The van der Waals surface area contributed by atoms with Crippen molar-refractivity contribution < 1.29 is 4.79 Å². The zero-order valence-corrected chi connectivity index (χ0v) is 13.4. The van der Waals surface area contributed by atoms with Crippen molar-refractivity contribution in [2.24, 2.45) is 0 Å². The molecule has 0 aliphatic rings. The third-order valence-corrected chi connectivity index (χ3v) is 4.59. The summed E-state index contributed by atoms with van der Waals surface area (Å²) in [4.78, 5) is 16.5. The molecule has 0 atom stereocenters. The first-order valence-electron chi connectivity index (χ1n) is 5.84. The first-order chi connectivity index (χ1) is 10.1. The van der Waals surface area contributed by atoms with Gasteiger partial charge in [-0.25, -0.2) is 4.98 Å². The van der Waals surface area contributed by atoms with E-state index >= 15 is 0 Å². The monoisotopic (exact) mass is 356 g/mol. The Hall–Kier alpha value is -1.33. The summed E-state index contributed by atoms with van der Waals surface area (Å²) in [7, 11) is 0. The Kier molecular flexibility index (Phi) is 4.04. The van der Waals surface area contributed by atoms with Crippen LogP contribution in [0.2, 0.25) is 15.1 Å². The van der Waals surface area contributed by atoms with Crippen LogP contribution in [0.4, 0.5) is 5.69 Å². The quantitative estimate of drug-likeness (QED) is 0.657. The molecule has 3 nitrogen and oxygen atoms in total. The Labute approximate surface area is 139 Å². The molecule has 0 saturated heterocycles. The van der Waals surface area contributed by atoms with Crippen molar-refractivity contribution in [2.45, 2.75) is 0 Å². The molecule has 106 valence electrons. The Morgan fingerprint density at radius 1 is 1.10 bits per heavy atom. The van der Waals surface area contributed by atoms with Gasteiger partial charge in [-0.3, -0.25) is 4.79 Å². The largest absolute Gasteiger partial charge is 0.321 e. The van der Waals surface area contributed by atoms with Gasteiger partial charge in [-0.2, -0.15) is 0 Å². The van der Waals surface area contributed by atoms with E-state index in [4.69, 9.17) is 34.8 Å². The molecule has 1 aromatic heterocycles. The number of anilines is 1. The lowest BCUT2D eigenvalue weighted by Gasteiger charge is -2.08. The molecule has 2 aromatic carbocycles. The van der Waals surface area contributed by atoms with Gasteiger partial charge < -0.3 is 5.32 Å². The van der Waals surface area contributed by atoms with E-state index in [0.717, 1.165) is 4.70 Å². The second-order valence-corrected chi connectivity index (χ2v) is 6.31. The summed E-state index contributed by atoms with van der Waals surface area (Å²) in [6.07, 6.45) is 0. The number of aromatic nitrogens is 1. The van der Waals surface area contributed by atoms with E-state index in [9.17, 15) is 4.79 Å². The minimum atomic E-state index is -0.334. The van der Waals surface area contributed by atoms with Crippen molar-refractivity contribution in [1.29, 1.82) is 0 Å². The van der Waals surface area contributed by atoms with E-state index in [0.29, 0.717) is 31.8 Å². The molecular formula is C14H7Cl3N2OS. The SMILES string of the molecule is O=C(Nc1ccc(Cl)c2ncsc12)c1cc(Cl)ccc1Cl. The fourth-order valence-electron chi connectivity index (χ4n) is 1.88. The maximum Gasteiger partial charge on any atom is 0.257 e. The topological polar surface area (TPSA) is 42.0 Å². The number of thiazole rings is 1. The van der Waals surface area contributed by atoms with E-state index in [1.165, 1.54) is 17.4 Å². The first-order valence-corrected chi connectivity index (χ1v) is 7.85. The van der Waals surface area contributed by atoms with Crippen LogP contribution in [-0.2, 0) is 0 Å². The molecule has 0 unspecified atom stereocenters. The number of hydrogen-bond acceptors (Lipinski definition) is 3. The van der Waals surface area contributed by atoms with Gasteiger partial charge in [0.05, 0.1) is 31.5 Å². The zero-order chi connectivity index (χ0) is 15.0. The summed E-state index contributed by atoms with van der Waals surface area (Å²) in [5.41, 5.74) is 3.30. The van der Waals surface area contributed by atoms with Crippen molar-refractivity contribution in [3.05, 3.63) is 56.5 Å². The lowest BCUT2D eigenvalue weighted by atomic mass is 10.2. The molecule has 0 spiro atoms. The number of halogens is 3. The third kappa shape index (κ3) is 2.85. The van der Waals surface area contributed by atoms with E-state index in [1.807, 2.05) is 0 Å². The standard InChI is InChI=1S/C14H7Cl3N2OS/c15-7-1-2-9(16)8(5-7)14(20)19-11-4-3-10(17)12-13(11)21-6-18-12/h1-6H,(H,19,20). The van der Waals surface area contributed by atoms with Gasteiger partial charge >= 0.3 is 0 Å². The summed E-state index contributed by atoms with van der Waals surface area (Å²) in [5.74, 6) is -0.334. The minimum absolute atomic E-state index is 0.316. The van der Waals surface area contributed by atoms with Crippen LogP contribution in [0.1, 0.15) is 10.4 Å². The zero-order valence-electron chi connectivity index (χ0n) is 10.4. The number of carbonyl (C=O) groups is 1. The average molecular weight is 358 g/mol. The summed E-state index contributed by atoms with van der Waals surface area (Å²) in [6, 6.07) is 8.17. The number of hydrogen-bond donors (Lipinski definition) is 1. The van der Waals surface area contributed by atoms with Crippen molar-refractivity contribution >= 4 is 68.0 Å². The predicted octanol–water partition coefficient (Wildman–Crippen LogP) is 5.51. The molecule has 0 fully saturated rings. The molecule has 1 heterocycles. The van der Waals surface area contributed by atoms with Crippen LogP contribution < -0.4 is 5.32 Å². The van der Waals surface area contributed by atoms with Gasteiger partial charge in [0.1, 0.15) is 5.52 Å². The highest BCUT2D eigenvalue weighted by Crippen LogP contribution is 2.32. The minimum Gasteiger partial charge on any atom is -0.321 e. The van der Waals surface area contributed by atoms with Gasteiger partial charge in [0.25, 0.3) is 5.91 Å². The van der Waals surface area contributed by atoms with Gasteiger partial charge in [0.2, 0.25) is 0 Å². The smallest absolute Gasteiger partial charge is 0.257 e. The van der Waals surface area contributed by atoms with Gasteiger partial charge in [0.15, 0.2) is 0 Å². The number of rotatable bonds is 2. The molecule has 0 saturated carbocycles. The molecule has 1 amide bonds. The van der Waals surface area contributed by atoms with Crippen LogP contribution in [0.5, 0.6) is 0 Å². The van der Waals surface area contributed by atoms with Gasteiger partial charge in [-0.1, -0.05) is 34.8 Å². The van der Waals surface area contributed by atoms with Gasteiger partial charge in [-0.15, -0.1) is 11.3 Å². The number of fused-ring (bicyclic) bond motifs is 1. The normalized spacial score (nSPS) is 10.8. The summed E-state index contributed by atoms with van der Waals surface area (Å²) in [5, 5.41) is 4.15. The Morgan fingerprint density at radius 2 is 1.86 bits per heavy atom. The van der Waals surface area contributed by atoms with Gasteiger partial charge in [-0.05, 0) is 30.3 Å². The summed E-state index contributed by atoms with van der Waals surface area (Å²) < 4.78 is 0.814. The number of amides is 1. The molecule has 21 heavy (non-hydrogen) atoms. The van der Waals surface area contributed by atoms with E-state index in [-0.39, 0.29) is 5.91 Å². The molecule has 0 bridgehead atoms. The number of nitrogens with one attached hydrogen (secondary N) is 1.